The fraction of sp³-hybridized carbons (Fsp3) is 0.533. The van der Waals surface area contributed by atoms with Crippen molar-refractivity contribution < 1.29 is 14.3 Å². The topological polar surface area (TPSA) is 64.8 Å². The van der Waals surface area contributed by atoms with E-state index in [2.05, 4.69) is 0 Å². The van der Waals surface area contributed by atoms with E-state index in [1.165, 1.54) is 0 Å². The molecule has 0 saturated heterocycles. The standard InChI is InChI=1S/C15H24N2O3/c1-19-11-6-9-17(10-12-20-2)15(18)14(16)13-7-4-3-5-8-13/h3-5,7-8,14H,6,9-12,16H2,1-2H3/t14-/m0/s1. The molecular formula is C15H24N2O3. The number of nitrogens with two attached hydrogens (primary N) is 1. The Morgan fingerprint density at radius 2 is 1.80 bits per heavy atom. The summed E-state index contributed by atoms with van der Waals surface area (Å²) >= 11 is 0. The fourth-order valence-electron chi connectivity index (χ4n) is 1.93. The van der Waals surface area contributed by atoms with E-state index in [4.69, 9.17) is 15.2 Å². The van der Waals surface area contributed by atoms with Crippen LogP contribution in [0.4, 0.5) is 0 Å². The minimum Gasteiger partial charge on any atom is -0.385 e. The number of hydrogen-bond donors (Lipinski definition) is 1. The summed E-state index contributed by atoms with van der Waals surface area (Å²) in [5.41, 5.74) is 6.88. The van der Waals surface area contributed by atoms with Crippen molar-refractivity contribution in [2.24, 2.45) is 5.73 Å². The molecule has 0 bridgehead atoms. The summed E-state index contributed by atoms with van der Waals surface area (Å²) in [5, 5.41) is 0. The number of hydrogen-bond acceptors (Lipinski definition) is 4. The van der Waals surface area contributed by atoms with E-state index in [1.807, 2.05) is 30.3 Å². The molecule has 0 unspecified atom stereocenters. The van der Waals surface area contributed by atoms with E-state index in [-0.39, 0.29) is 5.91 Å². The second-order valence-electron chi connectivity index (χ2n) is 4.55. The molecule has 20 heavy (non-hydrogen) atoms. The highest BCUT2D eigenvalue weighted by atomic mass is 16.5. The zero-order valence-electron chi connectivity index (χ0n) is 12.2. The van der Waals surface area contributed by atoms with E-state index in [0.29, 0.717) is 26.3 Å². The summed E-state index contributed by atoms with van der Waals surface area (Å²) < 4.78 is 10.1. The molecule has 1 aromatic carbocycles. The van der Waals surface area contributed by atoms with Crippen molar-refractivity contribution in [3.8, 4) is 0 Å². The quantitative estimate of drug-likeness (QED) is 0.690. The van der Waals surface area contributed by atoms with E-state index in [9.17, 15) is 4.79 Å². The third kappa shape index (κ3) is 5.28. The lowest BCUT2D eigenvalue weighted by atomic mass is 10.1. The van der Waals surface area contributed by atoms with Crippen molar-refractivity contribution in [3.63, 3.8) is 0 Å². The third-order valence-corrected chi connectivity index (χ3v) is 3.08. The van der Waals surface area contributed by atoms with Crippen LogP contribution in [0.15, 0.2) is 30.3 Å². The van der Waals surface area contributed by atoms with Gasteiger partial charge in [0.15, 0.2) is 0 Å². The van der Waals surface area contributed by atoms with Gasteiger partial charge in [-0.1, -0.05) is 30.3 Å². The van der Waals surface area contributed by atoms with E-state index in [0.717, 1.165) is 12.0 Å². The largest absolute Gasteiger partial charge is 0.385 e. The van der Waals surface area contributed by atoms with Crippen molar-refractivity contribution >= 4 is 5.91 Å². The highest BCUT2D eigenvalue weighted by Crippen LogP contribution is 2.13. The second kappa shape index (κ2) is 9.47. The molecule has 0 spiro atoms. The highest BCUT2D eigenvalue weighted by molar-refractivity contribution is 5.83. The van der Waals surface area contributed by atoms with Crippen LogP contribution in [-0.4, -0.2) is 51.3 Å². The van der Waals surface area contributed by atoms with Crippen LogP contribution in [0, 0.1) is 0 Å². The minimum absolute atomic E-state index is 0.0793. The molecule has 0 radical (unpaired) electrons. The Bertz CT molecular complexity index is 384. The zero-order chi connectivity index (χ0) is 14.8. The molecule has 1 aromatic rings. The zero-order valence-corrected chi connectivity index (χ0v) is 12.2. The summed E-state index contributed by atoms with van der Waals surface area (Å²) in [6.07, 6.45) is 0.785. The number of methoxy groups -OCH3 is 2. The maximum Gasteiger partial charge on any atom is 0.244 e. The number of carbonyl (C=O) groups is 1. The first-order valence-electron chi connectivity index (χ1n) is 6.78. The first-order chi connectivity index (χ1) is 9.70. The Hall–Kier alpha value is -1.43. The number of rotatable bonds is 9. The molecule has 5 heteroatoms. The molecule has 1 rings (SSSR count). The molecular weight excluding hydrogens is 256 g/mol. The Morgan fingerprint density at radius 1 is 1.15 bits per heavy atom. The monoisotopic (exact) mass is 280 g/mol. The molecule has 1 atom stereocenters. The molecule has 0 aliphatic carbocycles. The minimum atomic E-state index is -0.629. The van der Waals surface area contributed by atoms with Crippen LogP contribution in [0.2, 0.25) is 0 Å². The highest BCUT2D eigenvalue weighted by Gasteiger charge is 2.21. The maximum absolute atomic E-state index is 12.4. The number of ether oxygens (including phenoxy) is 2. The second-order valence-corrected chi connectivity index (χ2v) is 4.55. The van der Waals surface area contributed by atoms with Crippen LogP contribution in [0.3, 0.4) is 0 Å². The van der Waals surface area contributed by atoms with Crippen molar-refractivity contribution in [2.75, 3.05) is 40.5 Å². The lowest BCUT2D eigenvalue weighted by Gasteiger charge is -2.25. The average molecular weight is 280 g/mol. The average Bonchev–Trinajstić information content (AvgIpc) is 2.50. The molecule has 0 fully saturated rings. The van der Waals surface area contributed by atoms with Crippen molar-refractivity contribution in [2.45, 2.75) is 12.5 Å². The molecule has 0 aromatic heterocycles. The number of carbonyl (C=O) groups excluding carboxylic acids is 1. The van der Waals surface area contributed by atoms with Gasteiger partial charge in [-0.3, -0.25) is 4.79 Å². The Kier molecular flexibility index (Phi) is 7.87. The first kappa shape index (κ1) is 16.6. The molecule has 0 aliphatic rings. The summed E-state index contributed by atoms with van der Waals surface area (Å²) in [6, 6.07) is 8.77. The van der Waals surface area contributed by atoms with Gasteiger partial charge in [-0.2, -0.15) is 0 Å². The Morgan fingerprint density at radius 3 is 2.40 bits per heavy atom. The van der Waals surface area contributed by atoms with Crippen molar-refractivity contribution in [1.29, 1.82) is 0 Å². The molecule has 1 amide bonds. The van der Waals surface area contributed by atoms with Crippen LogP contribution in [0.5, 0.6) is 0 Å². The van der Waals surface area contributed by atoms with Crippen molar-refractivity contribution in [3.05, 3.63) is 35.9 Å². The van der Waals surface area contributed by atoms with Gasteiger partial charge >= 0.3 is 0 Å². The third-order valence-electron chi connectivity index (χ3n) is 3.08. The van der Waals surface area contributed by atoms with Gasteiger partial charge in [0.2, 0.25) is 5.91 Å². The first-order valence-corrected chi connectivity index (χ1v) is 6.78. The lowest BCUT2D eigenvalue weighted by molar-refractivity contribution is -0.133. The van der Waals surface area contributed by atoms with E-state index >= 15 is 0 Å². The summed E-state index contributed by atoms with van der Waals surface area (Å²) in [5.74, 6) is -0.0793. The van der Waals surface area contributed by atoms with Crippen LogP contribution in [0.25, 0.3) is 0 Å². The van der Waals surface area contributed by atoms with Gasteiger partial charge < -0.3 is 20.1 Å². The summed E-state index contributed by atoms with van der Waals surface area (Å²) in [7, 11) is 3.27. The number of amides is 1. The van der Waals surface area contributed by atoms with Gasteiger partial charge in [0.25, 0.3) is 0 Å². The van der Waals surface area contributed by atoms with Gasteiger partial charge in [0.1, 0.15) is 6.04 Å². The van der Waals surface area contributed by atoms with Crippen LogP contribution < -0.4 is 5.73 Å². The van der Waals surface area contributed by atoms with Crippen LogP contribution in [-0.2, 0) is 14.3 Å². The Labute approximate surface area is 120 Å². The smallest absolute Gasteiger partial charge is 0.244 e. The van der Waals surface area contributed by atoms with Gasteiger partial charge in [-0.15, -0.1) is 0 Å². The molecule has 0 heterocycles. The van der Waals surface area contributed by atoms with Gasteiger partial charge in [0, 0.05) is 33.9 Å². The van der Waals surface area contributed by atoms with Crippen molar-refractivity contribution in [1.82, 2.24) is 4.90 Å². The summed E-state index contributed by atoms with van der Waals surface area (Å²) in [6.45, 7) is 2.29. The Balaban J connectivity index is 2.65. The molecule has 112 valence electrons. The molecule has 0 saturated carbocycles. The van der Waals surface area contributed by atoms with Gasteiger partial charge in [0.05, 0.1) is 6.61 Å². The predicted molar refractivity (Wildman–Crippen MR) is 78.3 cm³/mol. The SMILES string of the molecule is COCCCN(CCOC)C(=O)[C@@H](N)c1ccccc1. The molecule has 5 nitrogen and oxygen atoms in total. The maximum atomic E-state index is 12.4. The predicted octanol–water partition coefficient (Wildman–Crippen LogP) is 1.20. The van der Waals surface area contributed by atoms with E-state index in [1.54, 1.807) is 19.1 Å². The molecule has 2 N–H and O–H groups in total. The van der Waals surface area contributed by atoms with Crippen LogP contribution >= 0.6 is 0 Å². The number of benzene rings is 1. The fourth-order valence-corrected chi connectivity index (χ4v) is 1.93. The number of nitrogens with zero attached hydrogens (tertiary/aromatic N) is 1. The molecule has 0 aliphatic heterocycles. The normalized spacial score (nSPS) is 12.2. The lowest BCUT2D eigenvalue weighted by Crippen LogP contribution is -2.41. The van der Waals surface area contributed by atoms with Crippen LogP contribution in [0.1, 0.15) is 18.0 Å². The van der Waals surface area contributed by atoms with Gasteiger partial charge in [-0.25, -0.2) is 0 Å². The summed E-state index contributed by atoms with van der Waals surface area (Å²) in [4.78, 5) is 14.2. The van der Waals surface area contributed by atoms with E-state index < -0.39 is 6.04 Å². The van der Waals surface area contributed by atoms with Gasteiger partial charge in [-0.05, 0) is 12.0 Å².